The maximum atomic E-state index is 12.7. The smallest absolute Gasteiger partial charge is 0.243 e. The molecule has 0 spiro atoms. The number of rotatable bonds is 7. The standard InChI is InChI=1S/C14H22BrNO3S/c1-4-6-7-16(5-2)20(18,19)14-9-12(10-17)8-13(15)11(14)3/h8-9,17H,4-7,10H2,1-3H3. The number of nitrogens with zero attached hydrogens (tertiary/aromatic N) is 1. The first kappa shape index (κ1) is 17.6. The molecule has 0 saturated heterocycles. The van der Waals surface area contributed by atoms with Crippen molar-refractivity contribution in [2.45, 2.75) is 45.1 Å². The van der Waals surface area contributed by atoms with Crippen molar-refractivity contribution in [2.24, 2.45) is 0 Å². The van der Waals surface area contributed by atoms with Crippen LogP contribution in [-0.2, 0) is 16.6 Å². The van der Waals surface area contributed by atoms with Gasteiger partial charge in [0.15, 0.2) is 0 Å². The van der Waals surface area contributed by atoms with Gasteiger partial charge in [-0.25, -0.2) is 8.42 Å². The van der Waals surface area contributed by atoms with E-state index in [9.17, 15) is 13.5 Å². The van der Waals surface area contributed by atoms with Gasteiger partial charge in [-0.05, 0) is 36.6 Å². The number of aliphatic hydroxyl groups is 1. The van der Waals surface area contributed by atoms with Gasteiger partial charge in [-0.3, -0.25) is 0 Å². The first-order valence-corrected chi connectivity index (χ1v) is 9.01. The summed E-state index contributed by atoms with van der Waals surface area (Å²) in [7, 11) is -3.52. The molecule has 0 saturated carbocycles. The van der Waals surface area contributed by atoms with Crippen LogP contribution in [0.25, 0.3) is 0 Å². The molecule has 0 aliphatic heterocycles. The lowest BCUT2D eigenvalue weighted by Crippen LogP contribution is -2.32. The Bertz CT molecular complexity index is 558. The second-order valence-corrected chi connectivity index (χ2v) is 7.47. The summed E-state index contributed by atoms with van der Waals surface area (Å²) in [5, 5.41) is 9.25. The van der Waals surface area contributed by atoms with Crippen LogP contribution in [0.3, 0.4) is 0 Å². The average molecular weight is 364 g/mol. The van der Waals surface area contributed by atoms with Gasteiger partial charge in [0.1, 0.15) is 0 Å². The molecule has 0 atom stereocenters. The van der Waals surface area contributed by atoms with Crippen LogP contribution in [0.4, 0.5) is 0 Å². The molecule has 6 heteroatoms. The van der Waals surface area contributed by atoms with Gasteiger partial charge in [0.2, 0.25) is 10.0 Å². The van der Waals surface area contributed by atoms with Gasteiger partial charge >= 0.3 is 0 Å². The first-order chi connectivity index (χ1) is 9.38. The highest BCUT2D eigenvalue weighted by Crippen LogP contribution is 2.28. The minimum absolute atomic E-state index is 0.178. The molecule has 20 heavy (non-hydrogen) atoms. The largest absolute Gasteiger partial charge is 0.392 e. The zero-order valence-electron chi connectivity index (χ0n) is 12.2. The van der Waals surface area contributed by atoms with E-state index >= 15 is 0 Å². The van der Waals surface area contributed by atoms with E-state index in [0.29, 0.717) is 28.7 Å². The molecular formula is C14H22BrNO3S. The third kappa shape index (κ3) is 3.81. The zero-order chi connectivity index (χ0) is 15.3. The molecule has 0 amide bonds. The lowest BCUT2D eigenvalue weighted by atomic mass is 10.2. The highest BCUT2D eigenvalue weighted by Gasteiger charge is 2.25. The van der Waals surface area contributed by atoms with Crippen molar-refractivity contribution < 1.29 is 13.5 Å². The van der Waals surface area contributed by atoms with Crippen LogP contribution in [-0.4, -0.2) is 30.9 Å². The molecule has 0 aromatic heterocycles. The van der Waals surface area contributed by atoms with E-state index in [4.69, 9.17) is 0 Å². The third-order valence-corrected chi connectivity index (χ3v) is 6.19. The number of unbranched alkanes of at least 4 members (excludes halogenated alkanes) is 1. The lowest BCUT2D eigenvalue weighted by molar-refractivity contribution is 0.281. The fraction of sp³-hybridized carbons (Fsp3) is 0.571. The molecule has 0 aliphatic rings. The van der Waals surface area contributed by atoms with Crippen molar-refractivity contribution in [3.63, 3.8) is 0 Å². The average Bonchev–Trinajstić information content (AvgIpc) is 2.42. The van der Waals surface area contributed by atoms with E-state index < -0.39 is 10.0 Å². The number of halogens is 1. The molecule has 0 bridgehead atoms. The Morgan fingerprint density at radius 3 is 2.45 bits per heavy atom. The molecular weight excluding hydrogens is 342 g/mol. The van der Waals surface area contributed by atoms with Crippen molar-refractivity contribution in [2.75, 3.05) is 13.1 Å². The topological polar surface area (TPSA) is 57.6 Å². The van der Waals surface area contributed by atoms with Crippen molar-refractivity contribution >= 4 is 26.0 Å². The van der Waals surface area contributed by atoms with E-state index in [-0.39, 0.29) is 11.5 Å². The summed E-state index contributed by atoms with van der Waals surface area (Å²) in [5.41, 5.74) is 1.27. The number of sulfonamides is 1. The lowest BCUT2D eigenvalue weighted by Gasteiger charge is -2.22. The molecule has 1 aromatic carbocycles. The Labute approximate surface area is 130 Å². The number of hydrogen-bond acceptors (Lipinski definition) is 3. The van der Waals surface area contributed by atoms with Gasteiger partial charge in [-0.15, -0.1) is 0 Å². The molecule has 114 valence electrons. The molecule has 1 N–H and O–H groups in total. The number of benzene rings is 1. The third-order valence-electron chi connectivity index (χ3n) is 3.27. The van der Waals surface area contributed by atoms with Crippen LogP contribution in [0.5, 0.6) is 0 Å². The highest BCUT2D eigenvalue weighted by atomic mass is 79.9. The minimum atomic E-state index is -3.52. The Hall–Kier alpha value is -0.430. The summed E-state index contributed by atoms with van der Waals surface area (Å²) < 4.78 is 27.7. The molecule has 0 radical (unpaired) electrons. The van der Waals surface area contributed by atoms with Crippen molar-refractivity contribution in [3.8, 4) is 0 Å². The fourth-order valence-electron chi connectivity index (χ4n) is 1.99. The Balaban J connectivity index is 3.29. The Morgan fingerprint density at radius 1 is 1.30 bits per heavy atom. The summed E-state index contributed by atoms with van der Waals surface area (Å²) in [5.74, 6) is 0. The van der Waals surface area contributed by atoms with Crippen LogP contribution in [0, 0.1) is 6.92 Å². The second kappa shape index (κ2) is 7.54. The zero-order valence-corrected chi connectivity index (χ0v) is 14.6. The Kier molecular flexibility index (Phi) is 6.64. The van der Waals surface area contributed by atoms with Gasteiger partial charge in [0.25, 0.3) is 0 Å². The van der Waals surface area contributed by atoms with Crippen LogP contribution in [0.2, 0.25) is 0 Å². The van der Waals surface area contributed by atoms with Gasteiger partial charge in [-0.2, -0.15) is 4.31 Å². The fourth-order valence-corrected chi connectivity index (χ4v) is 4.41. The maximum Gasteiger partial charge on any atom is 0.243 e. The molecule has 1 rings (SSSR count). The Morgan fingerprint density at radius 2 is 1.95 bits per heavy atom. The van der Waals surface area contributed by atoms with E-state index in [2.05, 4.69) is 15.9 Å². The SMILES string of the molecule is CCCCN(CC)S(=O)(=O)c1cc(CO)cc(Br)c1C. The predicted molar refractivity (Wildman–Crippen MR) is 84.1 cm³/mol. The predicted octanol–water partition coefficient (Wildman–Crippen LogP) is 3.06. The first-order valence-electron chi connectivity index (χ1n) is 6.78. The highest BCUT2D eigenvalue weighted by molar-refractivity contribution is 9.10. The molecule has 4 nitrogen and oxygen atoms in total. The summed E-state index contributed by atoms with van der Waals surface area (Å²) in [6.45, 7) is 6.44. The number of hydrogen-bond donors (Lipinski definition) is 1. The molecule has 0 unspecified atom stereocenters. The maximum absolute atomic E-state index is 12.7. The summed E-state index contributed by atoms with van der Waals surface area (Å²) in [6.07, 6.45) is 1.79. The van der Waals surface area contributed by atoms with Crippen molar-refractivity contribution in [1.29, 1.82) is 0 Å². The van der Waals surface area contributed by atoms with Crippen molar-refractivity contribution in [3.05, 3.63) is 27.7 Å². The van der Waals surface area contributed by atoms with Gasteiger partial charge in [-0.1, -0.05) is 36.2 Å². The quantitative estimate of drug-likeness (QED) is 0.809. The molecule has 0 aliphatic carbocycles. The number of aliphatic hydroxyl groups excluding tert-OH is 1. The van der Waals surface area contributed by atoms with Crippen LogP contribution in [0.15, 0.2) is 21.5 Å². The monoisotopic (exact) mass is 363 g/mol. The molecule has 0 heterocycles. The van der Waals surface area contributed by atoms with Crippen LogP contribution < -0.4 is 0 Å². The molecule has 0 fully saturated rings. The van der Waals surface area contributed by atoms with Crippen LogP contribution >= 0.6 is 15.9 Å². The second-order valence-electron chi connectivity index (χ2n) is 4.71. The van der Waals surface area contributed by atoms with E-state index in [1.54, 1.807) is 19.1 Å². The van der Waals surface area contributed by atoms with Gasteiger partial charge < -0.3 is 5.11 Å². The van der Waals surface area contributed by atoms with E-state index in [1.165, 1.54) is 4.31 Å². The normalized spacial score (nSPS) is 12.1. The van der Waals surface area contributed by atoms with Crippen molar-refractivity contribution in [1.82, 2.24) is 4.31 Å². The summed E-state index contributed by atoms with van der Waals surface area (Å²) in [4.78, 5) is 0.272. The van der Waals surface area contributed by atoms with E-state index in [1.807, 2.05) is 13.8 Å². The van der Waals surface area contributed by atoms with Crippen LogP contribution in [0.1, 0.15) is 37.8 Å². The summed E-state index contributed by atoms with van der Waals surface area (Å²) >= 11 is 3.36. The molecule has 1 aromatic rings. The van der Waals surface area contributed by atoms with E-state index in [0.717, 1.165) is 12.8 Å². The minimum Gasteiger partial charge on any atom is -0.392 e. The summed E-state index contributed by atoms with van der Waals surface area (Å²) in [6, 6.07) is 3.31. The van der Waals surface area contributed by atoms with Gasteiger partial charge in [0, 0.05) is 17.6 Å². The van der Waals surface area contributed by atoms with Gasteiger partial charge in [0.05, 0.1) is 11.5 Å².